The third-order valence-electron chi connectivity index (χ3n) is 4.13. The average Bonchev–Trinajstić information content (AvgIpc) is 2.61. The first kappa shape index (κ1) is 18.5. The summed E-state index contributed by atoms with van der Waals surface area (Å²) in [5.41, 5.74) is 2.51. The summed E-state index contributed by atoms with van der Waals surface area (Å²) < 4.78 is 5.87. The van der Waals surface area contributed by atoms with Gasteiger partial charge in [-0.3, -0.25) is 0 Å². The molecule has 0 bridgehead atoms. The van der Waals surface area contributed by atoms with Crippen molar-refractivity contribution in [3.63, 3.8) is 0 Å². The highest BCUT2D eigenvalue weighted by Crippen LogP contribution is 2.23. The Labute approximate surface area is 144 Å². The molecule has 2 aromatic carbocycles. The summed E-state index contributed by atoms with van der Waals surface area (Å²) in [6.45, 7) is 2.24. The van der Waals surface area contributed by atoms with Gasteiger partial charge in [0.05, 0.1) is 6.10 Å². The number of aliphatic hydroxyl groups is 2. The smallest absolute Gasteiger partial charge is 0.127 e. The zero-order chi connectivity index (χ0) is 17.2. The molecule has 0 aliphatic carbocycles. The molecule has 0 aliphatic rings. The van der Waals surface area contributed by atoms with Crippen LogP contribution in [0.2, 0.25) is 0 Å². The number of rotatable bonds is 10. The molecule has 3 heteroatoms. The summed E-state index contributed by atoms with van der Waals surface area (Å²) in [5.74, 6) is 1.66. The van der Waals surface area contributed by atoms with E-state index >= 15 is 0 Å². The SMILES string of the molecule is CCCCc1ccc(Oc2ccc(CCC(O)CCO)cc2)cc1. The van der Waals surface area contributed by atoms with Crippen molar-refractivity contribution < 1.29 is 14.9 Å². The zero-order valence-corrected chi connectivity index (χ0v) is 14.4. The number of aryl methyl sites for hydroxylation is 2. The second kappa shape index (κ2) is 10.1. The fraction of sp³-hybridized carbons (Fsp3) is 0.429. The topological polar surface area (TPSA) is 49.7 Å². The zero-order valence-electron chi connectivity index (χ0n) is 14.4. The predicted molar refractivity (Wildman–Crippen MR) is 97.6 cm³/mol. The van der Waals surface area contributed by atoms with E-state index in [0.29, 0.717) is 12.8 Å². The van der Waals surface area contributed by atoms with Crippen LogP contribution in [0.15, 0.2) is 48.5 Å². The average molecular weight is 328 g/mol. The van der Waals surface area contributed by atoms with Crippen LogP contribution in [-0.2, 0) is 12.8 Å². The summed E-state index contributed by atoms with van der Waals surface area (Å²) in [7, 11) is 0. The van der Waals surface area contributed by atoms with Crippen molar-refractivity contribution in [2.75, 3.05) is 6.61 Å². The molecule has 2 aromatic rings. The molecule has 0 fully saturated rings. The summed E-state index contributed by atoms with van der Waals surface area (Å²) in [6.07, 6.45) is 5.02. The molecule has 2 N–H and O–H groups in total. The lowest BCUT2D eigenvalue weighted by atomic mass is 10.1. The van der Waals surface area contributed by atoms with E-state index in [1.807, 2.05) is 36.4 Å². The van der Waals surface area contributed by atoms with E-state index in [1.54, 1.807) is 0 Å². The second-order valence-electron chi connectivity index (χ2n) is 6.20. The minimum Gasteiger partial charge on any atom is -0.457 e. The molecule has 2 rings (SSSR count). The summed E-state index contributed by atoms with van der Waals surface area (Å²) in [4.78, 5) is 0. The van der Waals surface area contributed by atoms with Crippen LogP contribution in [0, 0.1) is 0 Å². The van der Waals surface area contributed by atoms with E-state index < -0.39 is 6.10 Å². The molecule has 0 saturated carbocycles. The van der Waals surface area contributed by atoms with Gasteiger partial charge >= 0.3 is 0 Å². The number of ether oxygens (including phenoxy) is 1. The van der Waals surface area contributed by atoms with Gasteiger partial charge in [-0.2, -0.15) is 0 Å². The third kappa shape index (κ3) is 6.34. The maximum Gasteiger partial charge on any atom is 0.127 e. The van der Waals surface area contributed by atoms with Crippen LogP contribution in [0.4, 0.5) is 0 Å². The van der Waals surface area contributed by atoms with Crippen LogP contribution >= 0.6 is 0 Å². The maximum atomic E-state index is 9.65. The Balaban J connectivity index is 1.84. The lowest BCUT2D eigenvalue weighted by Crippen LogP contribution is -2.09. The molecule has 0 saturated heterocycles. The molecule has 0 spiro atoms. The largest absolute Gasteiger partial charge is 0.457 e. The summed E-state index contributed by atoms with van der Waals surface area (Å²) in [5, 5.41) is 18.4. The predicted octanol–water partition coefficient (Wildman–Crippen LogP) is 4.50. The van der Waals surface area contributed by atoms with Crippen LogP contribution in [0.1, 0.15) is 43.7 Å². The summed E-state index contributed by atoms with van der Waals surface area (Å²) in [6, 6.07) is 16.3. The lowest BCUT2D eigenvalue weighted by molar-refractivity contribution is 0.125. The van der Waals surface area contributed by atoms with Crippen molar-refractivity contribution in [3.8, 4) is 11.5 Å². The highest BCUT2D eigenvalue weighted by atomic mass is 16.5. The molecule has 0 amide bonds. The first-order valence-corrected chi connectivity index (χ1v) is 8.86. The number of unbranched alkanes of at least 4 members (excludes halogenated alkanes) is 1. The number of hydrogen-bond donors (Lipinski definition) is 2. The van der Waals surface area contributed by atoms with E-state index in [4.69, 9.17) is 9.84 Å². The Hall–Kier alpha value is -1.84. The van der Waals surface area contributed by atoms with E-state index in [9.17, 15) is 5.11 Å². The van der Waals surface area contributed by atoms with Gasteiger partial charge in [0.2, 0.25) is 0 Å². The molecule has 130 valence electrons. The van der Waals surface area contributed by atoms with Crippen molar-refractivity contribution in [1.29, 1.82) is 0 Å². The highest BCUT2D eigenvalue weighted by Gasteiger charge is 2.04. The standard InChI is InChI=1S/C21H28O3/c1-2-3-4-17-6-11-20(12-7-17)24-21-13-8-18(9-14-21)5-10-19(23)15-16-22/h6-9,11-14,19,22-23H,2-5,10,15-16H2,1H3. The first-order chi connectivity index (χ1) is 11.7. The van der Waals surface area contributed by atoms with Crippen LogP contribution in [0.3, 0.4) is 0 Å². The fourth-order valence-electron chi connectivity index (χ4n) is 2.59. The minimum absolute atomic E-state index is 0.0329. The molecule has 1 atom stereocenters. The van der Waals surface area contributed by atoms with E-state index in [2.05, 4.69) is 19.1 Å². The maximum absolute atomic E-state index is 9.65. The quantitative estimate of drug-likeness (QED) is 0.675. The molecule has 1 unspecified atom stereocenters. The highest BCUT2D eigenvalue weighted by molar-refractivity contribution is 5.34. The van der Waals surface area contributed by atoms with Gasteiger partial charge in [0, 0.05) is 6.61 Å². The van der Waals surface area contributed by atoms with Gasteiger partial charge in [-0.05, 0) is 67.5 Å². The van der Waals surface area contributed by atoms with Crippen molar-refractivity contribution in [2.45, 2.75) is 51.6 Å². The monoisotopic (exact) mass is 328 g/mol. The van der Waals surface area contributed by atoms with E-state index in [-0.39, 0.29) is 6.61 Å². The van der Waals surface area contributed by atoms with Crippen LogP contribution in [-0.4, -0.2) is 22.9 Å². The van der Waals surface area contributed by atoms with E-state index in [0.717, 1.165) is 29.9 Å². The third-order valence-corrected chi connectivity index (χ3v) is 4.13. The summed E-state index contributed by atoms with van der Waals surface area (Å²) >= 11 is 0. The number of hydrogen-bond acceptors (Lipinski definition) is 3. The Bertz CT molecular complexity index is 575. The molecular weight excluding hydrogens is 300 g/mol. The Morgan fingerprint density at radius 1 is 0.833 bits per heavy atom. The number of aliphatic hydroxyl groups excluding tert-OH is 2. The molecule has 24 heavy (non-hydrogen) atoms. The Morgan fingerprint density at radius 3 is 1.88 bits per heavy atom. The molecular formula is C21H28O3. The van der Waals surface area contributed by atoms with Gasteiger partial charge in [0.15, 0.2) is 0 Å². The van der Waals surface area contributed by atoms with Gasteiger partial charge in [-0.25, -0.2) is 0 Å². The van der Waals surface area contributed by atoms with Gasteiger partial charge in [0.1, 0.15) is 11.5 Å². The minimum atomic E-state index is -0.433. The van der Waals surface area contributed by atoms with Gasteiger partial charge in [0.25, 0.3) is 0 Å². The van der Waals surface area contributed by atoms with Crippen LogP contribution in [0.5, 0.6) is 11.5 Å². The first-order valence-electron chi connectivity index (χ1n) is 8.86. The van der Waals surface area contributed by atoms with Crippen molar-refractivity contribution in [1.82, 2.24) is 0 Å². The lowest BCUT2D eigenvalue weighted by Gasteiger charge is -2.10. The molecule has 3 nitrogen and oxygen atoms in total. The fourth-order valence-corrected chi connectivity index (χ4v) is 2.59. The van der Waals surface area contributed by atoms with Crippen molar-refractivity contribution >= 4 is 0 Å². The van der Waals surface area contributed by atoms with E-state index in [1.165, 1.54) is 18.4 Å². The van der Waals surface area contributed by atoms with Gasteiger partial charge < -0.3 is 14.9 Å². The molecule has 0 heterocycles. The molecule has 0 aliphatic heterocycles. The molecule has 0 aromatic heterocycles. The van der Waals surface area contributed by atoms with Gasteiger partial charge in [-0.15, -0.1) is 0 Å². The van der Waals surface area contributed by atoms with Crippen molar-refractivity contribution in [2.24, 2.45) is 0 Å². The van der Waals surface area contributed by atoms with Crippen LogP contribution in [0.25, 0.3) is 0 Å². The second-order valence-corrected chi connectivity index (χ2v) is 6.20. The van der Waals surface area contributed by atoms with Crippen molar-refractivity contribution in [3.05, 3.63) is 59.7 Å². The number of benzene rings is 2. The van der Waals surface area contributed by atoms with Crippen LogP contribution < -0.4 is 4.74 Å². The van der Waals surface area contributed by atoms with Gasteiger partial charge in [-0.1, -0.05) is 37.6 Å². The Morgan fingerprint density at radius 2 is 1.38 bits per heavy atom. The Kier molecular flexibility index (Phi) is 7.80. The molecule has 0 radical (unpaired) electrons. The normalized spacial score (nSPS) is 12.1.